The molecular weight excluding hydrogens is 232 g/mol. The van der Waals surface area contributed by atoms with Crippen molar-refractivity contribution in [3.63, 3.8) is 0 Å². The lowest BCUT2D eigenvalue weighted by atomic mass is 10.2. The molecule has 2 rings (SSSR count). The van der Waals surface area contributed by atoms with Crippen LogP contribution in [0.5, 0.6) is 0 Å². The Balaban J connectivity index is 2.56. The van der Waals surface area contributed by atoms with Crippen LogP contribution in [0.4, 0.5) is 5.69 Å². The SMILES string of the molecule is CCCc1nccn1-c1ncc(N)cc1C(=O)O. The summed E-state index contributed by atoms with van der Waals surface area (Å²) >= 11 is 0. The second-order valence-corrected chi connectivity index (χ2v) is 3.91. The van der Waals surface area contributed by atoms with Gasteiger partial charge in [0.25, 0.3) is 0 Å². The number of carboxylic acid groups (broad SMARTS) is 1. The van der Waals surface area contributed by atoms with Crippen LogP contribution in [0.2, 0.25) is 0 Å². The van der Waals surface area contributed by atoms with Gasteiger partial charge in [0, 0.05) is 18.8 Å². The Kier molecular flexibility index (Phi) is 3.27. The van der Waals surface area contributed by atoms with Crippen LogP contribution in [0.3, 0.4) is 0 Å². The standard InChI is InChI=1S/C12H14N4O2/c1-2-3-10-14-4-5-16(10)11-9(12(17)18)6-8(13)7-15-11/h4-7H,2-3,13H2,1H3,(H,17,18). The number of nitrogens with zero attached hydrogens (tertiary/aromatic N) is 3. The van der Waals surface area contributed by atoms with E-state index in [4.69, 9.17) is 5.73 Å². The van der Waals surface area contributed by atoms with Gasteiger partial charge in [-0.05, 0) is 12.5 Å². The molecule has 2 heterocycles. The lowest BCUT2D eigenvalue weighted by molar-refractivity contribution is 0.0696. The van der Waals surface area contributed by atoms with Crippen LogP contribution in [-0.2, 0) is 6.42 Å². The summed E-state index contributed by atoms with van der Waals surface area (Å²) in [6.07, 6.45) is 6.47. The fourth-order valence-electron chi connectivity index (χ4n) is 1.76. The highest BCUT2D eigenvalue weighted by Crippen LogP contribution is 2.17. The lowest BCUT2D eigenvalue weighted by Gasteiger charge is -2.09. The maximum Gasteiger partial charge on any atom is 0.339 e. The first-order valence-corrected chi connectivity index (χ1v) is 5.65. The minimum Gasteiger partial charge on any atom is -0.478 e. The summed E-state index contributed by atoms with van der Waals surface area (Å²) in [5.74, 6) is 0.0795. The molecule has 2 aromatic heterocycles. The molecule has 0 radical (unpaired) electrons. The number of aromatic nitrogens is 3. The van der Waals surface area contributed by atoms with Crippen molar-refractivity contribution in [3.05, 3.63) is 36.0 Å². The van der Waals surface area contributed by atoms with Crippen molar-refractivity contribution in [1.29, 1.82) is 0 Å². The van der Waals surface area contributed by atoms with Crippen molar-refractivity contribution in [2.24, 2.45) is 0 Å². The van der Waals surface area contributed by atoms with Crippen molar-refractivity contribution < 1.29 is 9.90 Å². The summed E-state index contributed by atoms with van der Waals surface area (Å²) < 4.78 is 1.69. The number of anilines is 1. The Morgan fingerprint density at radius 2 is 2.28 bits per heavy atom. The quantitative estimate of drug-likeness (QED) is 0.852. The molecule has 18 heavy (non-hydrogen) atoms. The number of hydrogen-bond donors (Lipinski definition) is 2. The van der Waals surface area contributed by atoms with Crippen molar-refractivity contribution in [2.45, 2.75) is 19.8 Å². The molecular formula is C12H14N4O2. The second kappa shape index (κ2) is 4.87. The molecule has 2 aromatic rings. The molecule has 0 saturated heterocycles. The van der Waals surface area contributed by atoms with Crippen LogP contribution in [0, 0.1) is 0 Å². The number of hydrogen-bond acceptors (Lipinski definition) is 4. The third kappa shape index (κ3) is 2.17. The summed E-state index contributed by atoms with van der Waals surface area (Å²) in [5.41, 5.74) is 5.97. The molecule has 0 aliphatic carbocycles. The van der Waals surface area contributed by atoms with E-state index in [1.165, 1.54) is 12.3 Å². The lowest BCUT2D eigenvalue weighted by Crippen LogP contribution is -2.10. The number of imidazole rings is 1. The van der Waals surface area contributed by atoms with Gasteiger partial charge in [-0.25, -0.2) is 14.8 Å². The maximum absolute atomic E-state index is 11.2. The van der Waals surface area contributed by atoms with E-state index in [0.29, 0.717) is 11.5 Å². The molecule has 94 valence electrons. The summed E-state index contributed by atoms with van der Waals surface area (Å²) in [4.78, 5) is 19.5. The highest BCUT2D eigenvalue weighted by atomic mass is 16.4. The van der Waals surface area contributed by atoms with E-state index < -0.39 is 5.97 Å². The number of nitrogen functional groups attached to an aromatic ring is 1. The van der Waals surface area contributed by atoms with Gasteiger partial charge in [-0.15, -0.1) is 0 Å². The van der Waals surface area contributed by atoms with Gasteiger partial charge in [-0.3, -0.25) is 4.57 Å². The third-order valence-corrected chi connectivity index (χ3v) is 2.54. The topological polar surface area (TPSA) is 94.0 Å². The minimum absolute atomic E-state index is 0.0744. The van der Waals surface area contributed by atoms with E-state index in [0.717, 1.165) is 18.7 Å². The molecule has 0 aliphatic heterocycles. The van der Waals surface area contributed by atoms with E-state index in [2.05, 4.69) is 9.97 Å². The van der Waals surface area contributed by atoms with E-state index >= 15 is 0 Å². The van der Waals surface area contributed by atoms with E-state index in [1.807, 2.05) is 6.92 Å². The largest absolute Gasteiger partial charge is 0.478 e. The van der Waals surface area contributed by atoms with Gasteiger partial charge in [0.2, 0.25) is 0 Å². The number of carbonyl (C=O) groups is 1. The van der Waals surface area contributed by atoms with Gasteiger partial charge in [0.15, 0.2) is 5.82 Å². The molecule has 0 saturated carbocycles. The minimum atomic E-state index is -1.05. The average molecular weight is 246 g/mol. The molecule has 0 aliphatic rings. The Morgan fingerprint density at radius 1 is 1.50 bits per heavy atom. The second-order valence-electron chi connectivity index (χ2n) is 3.91. The van der Waals surface area contributed by atoms with Crippen LogP contribution in [-0.4, -0.2) is 25.6 Å². The zero-order valence-electron chi connectivity index (χ0n) is 10.00. The molecule has 0 amide bonds. The Morgan fingerprint density at radius 3 is 2.94 bits per heavy atom. The zero-order chi connectivity index (χ0) is 13.1. The van der Waals surface area contributed by atoms with E-state index in [9.17, 15) is 9.90 Å². The summed E-state index contributed by atoms with van der Waals surface area (Å²) in [5, 5.41) is 9.18. The number of aromatic carboxylic acids is 1. The van der Waals surface area contributed by atoms with Crippen LogP contribution < -0.4 is 5.73 Å². The monoisotopic (exact) mass is 246 g/mol. The number of carboxylic acids is 1. The predicted molar refractivity (Wildman–Crippen MR) is 66.7 cm³/mol. The third-order valence-electron chi connectivity index (χ3n) is 2.54. The van der Waals surface area contributed by atoms with Gasteiger partial charge >= 0.3 is 5.97 Å². The number of pyridine rings is 1. The van der Waals surface area contributed by atoms with Crippen LogP contribution in [0.15, 0.2) is 24.7 Å². The first-order valence-electron chi connectivity index (χ1n) is 5.65. The van der Waals surface area contributed by atoms with Gasteiger partial charge in [0.1, 0.15) is 11.4 Å². The van der Waals surface area contributed by atoms with Gasteiger partial charge < -0.3 is 10.8 Å². The molecule has 3 N–H and O–H groups in total. The van der Waals surface area contributed by atoms with Gasteiger partial charge in [0.05, 0.1) is 11.9 Å². The van der Waals surface area contributed by atoms with E-state index in [-0.39, 0.29) is 5.56 Å². The molecule has 0 spiro atoms. The fraction of sp³-hybridized carbons (Fsp3) is 0.250. The van der Waals surface area contributed by atoms with Crippen LogP contribution in [0.25, 0.3) is 5.82 Å². The van der Waals surface area contributed by atoms with Crippen molar-refractivity contribution in [3.8, 4) is 5.82 Å². The summed E-state index contributed by atoms with van der Waals surface area (Å²) in [6.45, 7) is 2.04. The van der Waals surface area contributed by atoms with Gasteiger partial charge in [-0.1, -0.05) is 6.92 Å². The predicted octanol–water partition coefficient (Wildman–Crippen LogP) is 1.50. The highest BCUT2D eigenvalue weighted by Gasteiger charge is 2.15. The molecule has 0 aromatic carbocycles. The first-order chi connectivity index (χ1) is 8.63. The molecule has 6 nitrogen and oxygen atoms in total. The first kappa shape index (κ1) is 12.1. The fourth-order valence-corrected chi connectivity index (χ4v) is 1.76. The van der Waals surface area contributed by atoms with Crippen molar-refractivity contribution >= 4 is 11.7 Å². The molecule has 0 bridgehead atoms. The average Bonchev–Trinajstić information content (AvgIpc) is 2.77. The van der Waals surface area contributed by atoms with E-state index in [1.54, 1.807) is 17.0 Å². The number of aryl methyl sites for hydroxylation is 1. The molecule has 0 unspecified atom stereocenters. The zero-order valence-corrected chi connectivity index (χ0v) is 10.00. The molecule has 0 atom stereocenters. The Bertz CT molecular complexity index is 577. The maximum atomic E-state index is 11.2. The summed E-state index contributed by atoms with van der Waals surface area (Å²) in [7, 11) is 0. The van der Waals surface area contributed by atoms with Crippen LogP contribution >= 0.6 is 0 Å². The smallest absolute Gasteiger partial charge is 0.339 e. The highest BCUT2D eigenvalue weighted by molar-refractivity contribution is 5.92. The number of rotatable bonds is 4. The number of nitrogens with two attached hydrogens (primary N) is 1. The molecule has 0 fully saturated rings. The normalized spacial score (nSPS) is 10.5. The molecule has 6 heteroatoms. The van der Waals surface area contributed by atoms with Crippen molar-refractivity contribution in [1.82, 2.24) is 14.5 Å². The summed E-state index contributed by atoms with van der Waals surface area (Å²) in [6, 6.07) is 1.40. The Labute approximate surface area is 104 Å². The van der Waals surface area contributed by atoms with Crippen molar-refractivity contribution in [2.75, 3.05) is 5.73 Å². The van der Waals surface area contributed by atoms with Crippen LogP contribution in [0.1, 0.15) is 29.5 Å². The van der Waals surface area contributed by atoms with Gasteiger partial charge in [-0.2, -0.15) is 0 Å². The Hall–Kier alpha value is -2.37.